The monoisotopic (exact) mass is 509 g/mol. The maximum Gasteiger partial charge on any atom is 0.226 e. The van der Waals surface area contributed by atoms with Gasteiger partial charge >= 0.3 is 0 Å². The van der Waals surface area contributed by atoms with E-state index in [0.717, 1.165) is 34.0 Å². The van der Waals surface area contributed by atoms with Crippen LogP contribution in [0.25, 0.3) is 5.69 Å². The molecule has 4 aromatic rings. The summed E-state index contributed by atoms with van der Waals surface area (Å²) in [5, 5.41) is 7.20. The van der Waals surface area contributed by atoms with Gasteiger partial charge in [0.05, 0.1) is 11.7 Å². The molecule has 0 saturated carbocycles. The van der Waals surface area contributed by atoms with Crippen molar-refractivity contribution in [2.45, 2.75) is 39.8 Å². The van der Waals surface area contributed by atoms with E-state index < -0.39 is 0 Å². The summed E-state index contributed by atoms with van der Waals surface area (Å²) in [6, 6.07) is 24.4. The van der Waals surface area contributed by atoms with Gasteiger partial charge in [-0.1, -0.05) is 32.0 Å². The number of hydrogen-bond acceptors (Lipinski definition) is 3. The zero-order valence-corrected chi connectivity index (χ0v) is 22.3. The summed E-state index contributed by atoms with van der Waals surface area (Å²) in [5.74, 6) is -0.0920. The summed E-state index contributed by atoms with van der Waals surface area (Å²) in [5.41, 5.74) is 7.06. The lowest BCUT2D eigenvalue weighted by Crippen LogP contribution is -2.30. The Hall–Kier alpha value is -3.97. The molecule has 37 heavy (non-hydrogen) atoms. The second-order valence-corrected chi connectivity index (χ2v) is 10.2. The van der Waals surface area contributed by atoms with Crippen molar-refractivity contribution < 1.29 is 4.79 Å². The second-order valence-electron chi connectivity index (χ2n) is 9.78. The highest BCUT2D eigenvalue weighted by molar-refractivity contribution is 7.80. The number of hydrogen-bond donors (Lipinski definition) is 2. The molecule has 1 saturated heterocycles. The number of benzene rings is 2. The number of anilines is 2. The van der Waals surface area contributed by atoms with E-state index in [1.54, 1.807) is 0 Å². The van der Waals surface area contributed by atoms with Crippen LogP contribution >= 0.6 is 12.2 Å². The predicted octanol–water partition coefficient (Wildman–Crippen LogP) is 6.26. The van der Waals surface area contributed by atoms with E-state index in [4.69, 9.17) is 12.2 Å². The number of rotatable bonds is 6. The van der Waals surface area contributed by atoms with E-state index in [1.807, 2.05) is 57.3 Å². The summed E-state index contributed by atoms with van der Waals surface area (Å²) in [6.45, 7) is 7.88. The third kappa shape index (κ3) is 4.87. The van der Waals surface area contributed by atoms with E-state index in [9.17, 15) is 4.79 Å². The van der Waals surface area contributed by atoms with Gasteiger partial charge in [0.2, 0.25) is 5.91 Å². The number of nitrogens with one attached hydrogen (secondary N) is 2. The molecule has 1 aliphatic heterocycles. The summed E-state index contributed by atoms with van der Waals surface area (Å²) in [6.07, 6.45) is 3.91. The molecule has 0 unspecified atom stereocenters. The van der Waals surface area contributed by atoms with Gasteiger partial charge < -0.3 is 20.1 Å². The molecule has 3 heterocycles. The number of aromatic nitrogens is 2. The van der Waals surface area contributed by atoms with Gasteiger partial charge in [-0.3, -0.25) is 9.78 Å². The molecule has 5 rings (SSSR count). The Morgan fingerprint density at radius 2 is 1.84 bits per heavy atom. The molecule has 2 aromatic heterocycles. The fourth-order valence-corrected chi connectivity index (χ4v) is 5.14. The Balaban J connectivity index is 1.60. The molecule has 2 atom stereocenters. The standard InChI is InChI=1S/C30H31N5OS/c1-19(2)29(36)32-24-14-13-23(18-21(24)4)35-28(27(33-30(35)37)25-11-5-6-15-31-25)26-12-8-16-34(26)22-10-7-9-20(3)17-22/h5-19,27-28H,1-4H3,(H,32,36)(H,33,37)/t27-,28+/m1/s1. The minimum absolute atomic E-state index is 0.00159. The first-order valence-electron chi connectivity index (χ1n) is 12.5. The van der Waals surface area contributed by atoms with Gasteiger partial charge in [0.15, 0.2) is 5.11 Å². The lowest BCUT2D eigenvalue weighted by molar-refractivity contribution is -0.118. The van der Waals surface area contributed by atoms with E-state index in [0.29, 0.717) is 5.11 Å². The highest BCUT2D eigenvalue weighted by atomic mass is 32.1. The van der Waals surface area contributed by atoms with E-state index in [1.165, 1.54) is 5.56 Å². The molecule has 188 valence electrons. The van der Waals surface area contributed by atoms with Crippen LogP contribution in [0.2, 0.25) is 0 Å². The van der Waals surface area contributed by atoms with Gasteiger partial charge in [0.1, 0.15) is 6.04 Å². The first-order valence-corrected chi connectivity index (χ1v) is 12.9. The normalized spacial score (nSPS) is 17.2. The average molecular weight is 510 g/mol. The average Bonchev–Trinajstić information content (AvgIpc) is 3.50. The fraction of sp³-hybridized carbons (Fsp3) is 0.233. The van der Waals surface area contributed by atoms with Crippen LogP contribution in [0.4, 0.5) is 11.4 Å². The minimum Gasteiger partial charge on any atom is -0.351 e. The molecule has 6 nitrogen and oxygen atoms in total. The maximum absolute atomic E-state index is 12.3. The van der Waals surface area contributed by atoms with Crippen molar-refractivity contribution >= 4 is 34.6 Å². The van der Waals surface area contributed by atoms with Crippen LogP contribution in [0.5, 0.6) is 0 Å². The summed E-state index contributed by atoms with van der Waals surface area (Å²) >= 11 is 5.92. The van der Waals surface area contributed by atoms with Crippen molar-refractivity contribution in [2.75, 3.05) is 10.2 Å². The number of amides is 1. The van der Waals surface area contributed by atoms with Crippen LogP contribution in [0.1, 0.15) is 48.4 Å². The Morgan fingerprint density at radius 1 is 1.00 bits per heavy atom. The first-order chi connectivity index (χ1) is 17.8. The van der Waals surface area contributed by atoms with Crippen molar-refractivity contribution in [3.63, 3.8) is 0 Å². The number of pyridine rings is 1. The van der Waals surface area contributed by atoms with Crippen molar-refractivity contribution in [1.29, 1.82) is 0 Å². The van der Waals surface area contributed by atoms with Gasteiger partial charge in [0, 0.05) is 41.1 Å². The quantitative estimate of drug-likeness (QED) is 0.300. The first kappa shape index (κ1) is 24.7. The fourth-order valence-electron chi connectivity index (χ4n) is 4.80. The number of thiocarbonyl (C=S) groups is 1. The van der Waals surface area contributed by atoms with Gasteiger partial charge in [-0.05, 0) is 91.8 Å². The Labute approximate surface area is 223 Å². The minimum atomic E-state index is -0.146. The molecule has 1 aliphatic rings. The molecular weight excluding hydrogens is 478 g/mol. The summed E-state index contributed by atoms with van der Waals surface area (Å²) in [4.78, 5) is 19.1. The lowest BCUT2D eigenvalue weighted by atomic mass is 10.00. The van der Waals surface area contributed by atoms with Crippen LogP contribution in [0, 0.1) is 19.8 Å². The molecule has 2 N–H and O–H groups in total. The third-order valence-corrected chi connectivity index (χ3v) is 7.05. The van der Waals surface area contributed by atoms with Gasteiger partial charge in [0.25, 0.3) is 0 Å². The Morgan fingerprint density at radius 3 is 2.54 bits per heavy atom. The van der Waals surface area contributed by atoms with E-state index >= 15 is 0 Å². The Kier molecular flexibility index (Phi) is 6.80. The highest BCUT2D eigenvalue weighted by Crippen LogP contribution is 2.43. The number of aryl methyl sites for hydroxylation is 2. The van der Waals surface area contributed by atoms with E-state index in [-0.39, 0.29) is 23.9 Å². The van der Waals surface area contributed by atoms with Crippen molar-refractivity contribution in [3.8, 4) is 5.69 Å². The third-order valence-electron chi connectivity index (χ3n) is 6.73. The topological polar surface area (TPSA) is 62.2 Å². The van der Waals surface area contributed by atoms with Gasteiger partial charge in [-0.2, -0.15) is 0 Å². The largest absolute Gasteiger partial charge is 0.351 e. The Bertz CT molecular complexity index is 1450. The molecule has 0 bridgehead atoms. The zero-order valence-electron chi connectivity index (χ0n) is 21.5. The summed E-state index contributed by atoms with van der Waals surface area (Å²) in [7, 11) is 0. The van der Waals surface area contributed by atoms with Crippen molar-refractivity contribution in [1.82, 2.24) is 14.9 Å². The summed E-state index contributed by atoms with van der Waals surface area (Å²) < 4.78 is 2.22. The van der Waals surface area contributed by atoms with Crippen molar-refractivity contribution in [2.24, 2.45) is 5.92 Å². The van der Waals surface area contributed by atoms with Crippen LogP contribution in [-0.2, 0) is 4.79 Å². The molecule has 0 spiro atoms. The SMILES string of the molecule is Cc1cccc(-n2cccc2[C@H]2[C@@H](c3ccccn3)NC(=S)N2c2ccc(NC(=O)C(C)C)c(C)c2)c1. The molecule has 0 radical (unpaired) electrons. The zero-order chi connectivity index (χ0) is 26.1. The second kappa shape index (κ2) is 10.2. The van der Waals surface area contributed by atoms with Crippen LogP contribution < -0.4 is 15.5 Å². The van der Waals surface area contributed by atoms with Gasteiger partial charge in [-0.15, -0.1) is 0 Å². The number of carbonyl (C=O) groups excluding carboxylic acids is 1. The molecular formula is C30H31N5OS. The highest BCUT2D eigenvalue weighted by Gasteiger charge is 2.42. The molecule has 2 aromatic carbocycles. The van der Waals surface area contributed by atoms with Crippen LogP contribution in [0.3, 0.4) is 0 Å². The number of carbonyl (C=O) groups is 1. The van der Waals surface area contributed by atoms with Crippen molar-refractivity contribution in [3.05, 3.63) is 108 Å². The molecule has 0 aliphatic carbocycles. The van der Waals surface area contributed by atoms with Crippen LogP contribution in [0.15, 0.2) is 85.2 Å². The lowest BCUT2D eigenvalue weighted by Gasteiger charge is -2.29. The molecule has 1 fully saturated rings. The van der Waals surface area contributed by atoms with Gasteiger partial charge in [-0.25, -0.2) is 0 Å². The maximum atomic E-state index is 12.3. The smallest absolute Gasteiger partial charge is 0.226 e. The van der Waals surface area contributed by atoms with Crippen LogP contribution in [-0.4, -0.2) is 20.6 Å². The van der Waals surface area contributed by atoms with E-state index in [2.05, 4.69) is 80.7 Å². The predicted molar refractivity (Wildman–Crippen MR) is 153 cm³/mol. The molecule has 1 amide bonds. The number of nitrogens with zero attached hydrogens (tertiary/aromatic N) is 3. The molecule has 7 heteroatoms.